The molecule has 0 aliphatic carbocycles. The van der Waals surface area contributed by atoms with Gasteiger partial charge >= 0.3 is 0 Å². The molecule has 0 amide bonds. The van der Waals surface area contributed by atoms with E-state index < -0.39 is 0 Å². The maximum atomic E-state index is 6.11. The van der Waals surface area contributed by atoms with E-state index in [-0.39, 0.29) is 0 Å². The van der Waals surface area contributed by atoms with Gasteiger partial charge < -0.3 is 4.90 Å². The predicted octanol–water partition coefficient (Wildman–Crippen LogP) is 4.33. The second-order valence-electron chi connectivity index (χ2n) is 5.39. The number of piperidine rings is 1. The van der Waals surface area contributed by atoms with Crippen LogP contribution in [0.15, 0.2) is 18.2 Å². The number of halogens is 2. The van der Waals surface area contributed by atoms with Crippen molar-refractivity contribution in [3.05, 3.63) is 33.8 Å². The normalized spacial score (nSPS) is 33.0. The zero-order valence-corrected chi connectivity index (χ0v) is 11.5. The molecular formula is C14H17Cl2N. The van der Waals surface area contributed by atoms with E-state index in [0.29, 0.717) is 16.0 Å². The van der Waals surface area contributed by atoms with Gasteiger partial charge in [-0.05, 0) is 56.3 Å². The third-order valence-corrected chi connectivity index (χ3v) is 5.25. The first-order valence-electron chi connectivity index (χ1n) is 6.32. The fourth-order valence-electron chi connectivity index (χ4n) is 3.45. The van der Waals surface area contributed by atoms with E-state index in [1.807, 2.05) is 6.07 Å². The molecule has 1 aromatic carbocycles. The number of benzene rings is 1. The van der Waals surface area contributed by atoms with Crippen LogP contribution in [-0.4, -0.2) is 24.0 Å². The maximum absolute atomic E-state index is 6.11. The van der Waals surface area contributed by atoms with Crippen molar-refractivity contribution in [1.82, 2.24) is 4.90 Å². The molecule has 1 aromatic rings. The number of nitrogens with zero attached hydrogens (tertiary/aromatic N) is 1. The lowest BCUT2D eigenvalue weighted by Crippen LogP contribution is -2.39. The Bertz CT molecular complexity index is 418. The molecule has 2 bridgehead atoms. The average molecular weight is 270 g/mol. The number of hydrogen-bond acceptors (Lipinski definition) is 1. The number of rotatable bonds is 1. The van der Waals surface area contributed by atoms with Crippen LogP contribution in [0.5, 0.6) is 0 Å². The second kappa shape index (κ2) is 4.46. The Balaban J connectivity index is 1.84. The fourth-order valence-corrected chi connectivity index (χ4v) is 3.76. The summed E-state index contributed by atoms with van der Waals surface area (Å²) in [5.74, 6) is 0.665. The van der Waals surface area contributed by atoms with Gasteiger partial charge in [0.2, 0.25) is 0 Å². The minimum atomic E-state index is 0.659. The molecule has 0 spiro atoms. The van der Waals surface area contributed by atoms with Crippen molar-refractivity contribution in [1.29, 1.82) is 0 Å². The molecule has 1 nitrogen and oxygen atoms in total. The summed E-state index contributed by atoms with van der Waals surface area (Å²) in [5.41, 5.74) is 1.37. The lowest BCUT2D eigenvalue weighted by Gasteiger charge is -2.36. The van der Waals surface area contributed by atoms with Crippen LogP contribution in [0.2, 0.25) is 10.0 Å². The Morgan fingerprint density at radius 3 is 2.29 bits per heavy atom. The van der Waals surface area contributed by atoms with E-state index in [1.165, 1.54) is 31.2 Å². The highest BCUT2D eigenvalue weighted by molar-refractivity contribution is 6.42. The standard InChI is InChI=1S/C14H17Cl2N/c1-17-11-3-4-12(17)7-10(6-11)9-2-5-13(15)14(16)8-9/h2,5,8,10-12H,3-4,6-7H2,1H3/t10?,11-,12+. The molecule has 0 radical (unpaired) electrons. The molecule has 2 aliphatic heterocycles. The van der Waals surface area contributed by atoms with Crippen molar-refractivity contribution in [3.63, 3.8) is 0 Å². The third-order valence-electron chi connectivity index (χ3n) is 4.51. The molecule has 0 N–H and O–H groups in total. The third kappa shape index (κ3) is 2.09. The summed E-state index contributed by atoms with van der Waals surface area (Å²) in [6.45, 7) is 0. The van der Waals surface area contributed by atoms with E-state index in [0.717, 1.165) is 12.1 Å². The van der Waals surface area contributed by atoms with Gasteiger partial charge in [-0.1, -0.05) is 29.3 Å². The van der Waals surface area contributed by atoms with E-state index in [1.54, 1.807) is 0 Å². The first-order chi connectivity index (χ1) is 8.15. The minimum absolute atomic E-state index is 0.659. The molecule has 0 saturated carbocycles. The molecule has 2 fully saturated rings. The van der Waals surface area contributed by atoms with Crippen molar-refractivity contribution >= 4 is 23.2 Å². The quantitative estimate of drug-likeness (QED) is 0.734. The summed E-state index contributed by atoms with van der Waals surface area (Å²) in [7, 11) is 2.27. The van der Waals surface area contributed by atoms with Crippen molar-refractivity contribution in [3.8, 4) is 0 Å². The lowest BCUT2D eigenvalue weighted by molar-refractivity contribution is 0.161. The molecule has 92 valence electrons. The zero-order valence-electron chi connectivity index (χ0n) is 10.00. The Morgan fingerprint density at radius 2 is 1.71 bits per heavy atom. The van der Waals surface area contributed by atoms with Crippen molar-refractivity contribution < 1.29 is 0 Å². The van der Waals surface area contributed by atoms with Crippen molar-refractivity contribution in [2.75, 3.05) is 7.05 Å². The zero-order chi connectivity index (χ0) is 12.0. The fraction of sp³-hybridized carbons (Fsp3) is 0.571. The topological polar surface area (TPSA) is 3.24 Å². The molecule has 2 heterocycles. The van der Waals surface area contributed by atoms with Gasteiger partial charge in [0.15, 0.2) is 0 Å². The van der Waals surface area contributed by atoms with E-state index >= 15 is 0 Å². The molecule has 2 saturated heterocycles. The van der Waals surface area contributed by atoms with Crippen molar-refractivity contribution in [2.45, 2.75) is 43.7 Å². The van der Waals surface area contributed by atoms with E-state index in [4.69, 9.17) is 23.2 Å². The summed E-state index contributed by atoms with van der Waals surface area (Å²) < 4.78 is 0. The largest absolute Gasteiger partial charge is 0.300 e. The summed E-state index contributed by atoms with van der Waals surface area (Å²) in [5, 5.41) is 1.35. The van der Waals surface area contributed by atoms with Crippen molar-refractivity contribution in [2.24, 2.45) is 0 Å². The second-order valence-corrected chi connectivity index (χ2v) is 6.21. The molecule has 1 unspecified atom stereocenters. The summed E-state index contributed by atoms with van der Waals surface area (Å²) in [6, 6.07) is 7.67. The Kier molecular flexibility index (Phi) is 3.10. The van der Waals surface area contributed by atoms with Gasteiger partial charge in [-0.15, -0.1) is 0 Å². The lowest BCUT2D eigenvalue weighted by atomic mass is 9.85. The average Bonchev–Trinajstić information content (AvgIpc) is 2.55. The molecule has 3 atom stereocenters. The van der Waals surface area contributed by atoms with Gasteiger partial charge in [0, 0.05) is 12.1 Å². The number of fused-ring (bicyclic) bond motifs is 2. The van der Waals surface area contributed by atoms with Gasteiger partial charge in [0.05, 0.1) is 10.0 Å². The Morgan fingerprint density at radius 1 is 1.06 bits per heavy atom. The number of hydrogen-bond donors (Lipinski definition) is 0. The highest BCUT2D eigenvalue weighted by atomic mass is 35.5. The van der Waals surface area contributed by atoms with Crippen LogP contribution in [-0.2, 0) is 0 Å². The molecule has 17 heavy (non-hydrogen) atoms. The van der Waals surface area contributed by atoms with Crippen LogP contribution in [0.3, 0.4) is 0 Å². The van der Waals surface area contributed by atoms with Gasteiger partial charge in [0.1, 0.15) is 0 Å². The monoisotopic (exact) mass is 269 g/mol. The Hall–Kier alpha value is -0.240. The van der Waals surface area contributed by atoms with E-state index in [9.17, 15) is 0 Å². The molecule has 0 aromatic heterocycles. The first kappa shape index (κ1) is 11.8. The van der Waals surface area contributed by atoms with Gasteiger partial charge in [0.25, 0.3) is 0 Å². The summed E-state index contributed by atoms with van der Waals surface area (Å²) >= 11 is 12.1. The van der Waals surface area contributed by atoms with Gasteiger partial charge in [-0.25, -0.2) is 0 Å². The molecule has 3 rings (SSSR count). The molecule has 2 aliphatic rings. The maximum Gasteiger partial charge on any atom is 0.0595 e. The van der Waals surface area contributed by atoms with Crippen LogP contribution in [0.25, 0.3) is 0 Å². The van der Waals surface area contributed by atoms with Crippen LogP contribution in [0, 0.1) is 0 Å². The SMILES string of the molecule is CN1[C@@H]2CC[C@H]1CC(c1ccc(Cl)c(Cl)c1)C2. The van der Waals surface area contributed by atoms with Gasteiger partial charge in [-0.2, -0.15) is 0 Å². The van der Waals surface area contributed by atoms with Crippen LogP contribution in [0.4, 0.5) is 0 Å². The predicted molar refractivity (Wildman–Crippen MR) is 73.0 cm³/mol. The highest BCUT2D eigenvalue weighted by Gasteiger charge is 2.38. The van der Waals surface area contributed by atoms with Crippen LogP contribution < -0.4 is 0 Å². The Labute approximate surface area is 113 Å². The smallest absolute Gasteiger partial charge is 0.0595 e. The molecule has 3 heteroatoms. The van der Waals surface area contributed by atoms with E-state index in [2.05, 4.69) is 24.1 Å². The minimum Gasteiger partial charge on any atom is -0.300 e. The van der Waals surface area contributed by atoms with Crippen LogP contribution >= 0.6 is 23.2 Å². The highest BCUT2D eigenvalue weighted by Crippen LogP contribution is 2.42. The summed E-state index contributed by atoms with van der Waals surface area (Å²) in [4.78, 5) is 2.56. The van der Waals surface area contributed by atoms with Gasteiger partial charge in [-0.3, -0.25) is 0 Å². The first-order valence-corrected chi connectivity index (χ1v) is 7.07. The summed E-state index contributed by atoms with van der Waals surface area (Å²) in [6.07, 6.45) is 5.26. The van der Waals surface area contributed by atoms with Crippen LogP contribution in [0.1, 0.15) is 37.2 Å². The molecular weight excluding hydrogens is 253 g/mol.